The van der Waals surface area contributed by atoms with E-state index in [9.17, 15) is 18.8 Å². The zero-order chi connectivity index (χ0) is 22.4. The van der Waals surface area contributed by atoms with Gasteiger partial charge in [0.15, 0.2) is 0 Å². The summed E-state index contributed by atoms with van der Waals surface area (Å²) in [5, 5.41) is 2.50. The number of alkyl carbamates (subject to hydrolysis) is 1. The van der Waals surface area contributed by atoms with E-state index in [0.717, 1.165) is 0 Å². The summed E-state index contributed by atoms with van der Waals surface area (Å²) in [6.07, 6.45) is -0.737. The van der Waals surface area contributed by atoms with Crippen LogP contribution in [0, 0.1) is 11.7 Å². The molecular weight excluding hydrogens is 379 g/mol. The highest BCUT2D eigenvalue weighted by molar-refractivity contribution is 5.89. The third-order valence-corrected chi connectivity index (χ3v) is 4.06. The van der Waals surface area contributed by atoms with Crippen molar-refractivity contribution in [2.24, 2.45) is 5.92 Å². The highest BCUT2D eigenvalue weighted by atomic mass is 19.1. The maximum atomic E-state index is 13.2. The zero-order valence-electron chi connectivity index (χ0n) is 18.1. The van der Waals surface area contributed by atoms with Gasteiger partial charge in [0.05, 0.1) is 7.11 Å². The standard InChI is InChI=1S/C21H31FN2O5/c1-13(2)17(19(26)28-7)24(12-15-8-10-16(22)11-9-15)18(25)14(3)23-20(27)29-21(4,5)6/h8-11,13-14,17H,12H2,1-7H3,(H,23,27)/t14-,17+/m0/s1. The number of benzene rings is 1. The summed E-state index contributed by atoms with van der Waals surface area (Å²) in [5.41, 5.74) is -0.0774. The second-order valence-electron chi connectivity index (χ2n) is 8.17. The largest absolute Gasteiger partial charge is 0.467 e. The fraction of sp³-hybridized carbons (Fsp3) is 0.571. The van der Waals surface area contributed by atoms with Crippen LogP contribution in [-0.4, -0.2) is 47.7 Å². The lowest BCUT2D eigenvalue weighted by Gasteiger charge is -2.34. The lowest BCUT2D eigenvalue weighted by atomic mass is 10.0. The van der Waals surface area contributed by atoms with Gasteiger partial charge < -0.3 is 19.7 Å². The van der Waals surface area contributed by atoms with Crippen LogP contribution in [0.2, 0.25) is 0 Å². The monoisotopic (exact) mass is 410 g/mol. The number of nitrogens with zero attached hydrogens (tertiary/aromatic N) is 1. The van der Waals surface area contributed by atoms with Gasteiger partial charge in [0.2, 0.25) is 5.91 Å². The Morgan fingerprint density at radius 2 is 1.66 bits per heavy atom. The maximum absolute atomic E-state index is 13.2. The average molecular weight is 410 g/mol. The second kappa shape index (κ2) is 10.2. The molecule has 0 heterocycles. The molecule has 7 nitrogen and oxygen atoms in total. The van der Waals surface area contributed by atoms with Crippen LogP contribution in [0.25, 0.3) is 0 Å². The van der Waals surface area contributed by atoms with E-state index < -0.39 is 41.5 Å². The van der Waals surface area contributed by atoms with Gasteiger partial charge in [-0.1, -0.05) is 26.0 Å². The molecule has 2 atom stereocenters. The van der Waals surface area contributed by atoms with Crippen LogP contribution in [0.3, 0.4) is 0 Å². The van der Waals surface area contributed by atoms with Crippen molar-refractivity contribution in [3.05, 3.63) is 35.6 Å². The van der Waals surface area contributed by atoms with Gasteiger partial charge in [-0.3, -0.25) is 4.79 Å². The predicted molar refractivity (Wildman–Crippen MR) is 106 cm³/mol. The molecule has 0 saturated carbocycles. The van der Waals surface area contributed by atoms with Crippen LogP contribution in [-0.2, 0) is 25.6 Å². The van der Waals surface area contributed by atoms with E-state index >= 15 is 0 Å². The lowest BCUT2D eigenvalue weighted by Crippen LogP contribution is -2.54. The van der Waals surface area contributed by atoms with Crippen molar-refractivity contribution in [1.82, 2.24) is 10.2 Å². The molecule has 1 N–H and O–H groups in total. The molecule has 1 aromatic carbocycles. The molecule has 0 unspecified atom stereocenters. The van der Waals surface area contributed by atoms with E-state index in [2.05, 4.69) is 5.32 Å². The molecule has 1 rings (SSSR count). The highest BCUT2D eigenvalue weighted by Crippen LogP contribution is 2.19. The summed E-state index contributed by atoms with van der Waals surface area (Å²) < 4.78 is 23.3. The second-order valence-corrected chi connectivity index (χ2v) is 8.17. The predicted octanol–water partition coefficient (Wildman–Crippen LogP) is 3.27. The van der Waals surface area contributed by atoms with E-state index in [4.69, 9.17) is 9.47 Å². The SMILES string of the molecule is COC(=O)[C@@H](C(C)C)N(Cc1ccc(F)cc1)C(=O)[C@H](C)NC(=O)OC(C)(C)C. The Bertz CT molecular complexity index is 713. The summed E-state index contributed by atoms with van der Waals surface area (Å²) in [5.74, 6) is -1.70. The minimum Gasteiger partial charge on any atom is -0.467 e. The number of nitrogens with one attached hydrogen (secondary N) is 1. The summed E-state index contributed by atoms with van der Waals surface area (Å²) in [4.78, 5) is 38.9. The fourth-order valence-electron chi connectivity index (χ4n) is 2.77. The number of hydrogen-bond acceptors (Lipinski definition) is 5. The van der Waals surface area contributed by atoms with Crippen LogP contribution in [0.15, 0.2) is 24.3 Å². The molecule has 8 heteroatoms. The average Bonchev–Trinajstić information content (AvgIpc) is 2.59. The zero-order valence-corrected chi connectivity index (χ0v) is 18.1. The third-order valence-electron chi connectivity index (χ3n) is 4.06. The third kappa shape index (κ3) is 7.71. The van der Waals surface area contributed by atoms with Crippen LogP contribution < -0.4 is 5.32 Å². The number of halogens is 1. The molecule has 0 aliphatic carbocycles. The number of hydrogen-bond donors (Lipinski definition) is 1. The van der Waals surface area contributed by atoms with Crippen LogP contribution in [0.1, 0.15) is 47.1 Å². The number of carbonyl (C=O) groups excluding carboxylic acids is 3. The van der Waals surface area contributed by atoms with E-state index in [1.807, 2.05) is 0 Å². The van der Waals surface area contributed by atoms with Crippen molar-refractivity contribution in [2.45, 2.75) is 65.8 Å². The molecule has 1 aromatic rings. The molecule has 2 amide bonds. The number of amides is 2. The van der Waals surface area contributed by atoms with Crippen molar-refractivity contribution >= 4 is 18.0 Å². The van der Waals surface area contributed by atoms with E-state index in [0.29, 0.717) is 5.56 Å². The van der Waals surface area contributed by atoms with Gasteiger partial charge in [-0.2, -0.15) is 0 Å². The van der Waals surface area contributed by atoms with Gasteiger partial charge >= 0.3 is 12.1 Å². The van der Waals surface area contributed by atoms with E-state index in [1.54, 1.807) is 34.6 Å². The molecule has 0 saturated heterocycles. The lowest BCUT2D eigenvalue weighted by molar-refractivity contribution is -0.156. The molecule has 0 aliphatic rings. The van der Waals surface area contributed by atoms with Gasteiger partial charge in [-0.05, 0) is 51.3 Å². The Morgan fingerprint density at radius 3 is 2.10 bits per heavy atom. The van der Waals surface area contributed by atoms with Gasteiger partial charge in [-0.25, -0.2) is 14.0 Å². The Labute approximate surface area is 171 Å². The minimum absolute atomic E-state index is 0.0530. The van der Waals surface area contributed by atoms with Crippen molar-refractivity contribution in [3.8, 4) is 0 Å². The minimum atomic E-state index is -0.948. The van der Waals surface area contributed by atoms with Crippen molar-refractivity contribution < 1.29 is 28.2 Å². The van der Waals surface area contributed by atoms with Crippen LogP contribution in [0.5, 0.6) is 0 Å². The Balaban J connectivity index is 3.13. The molecule has 0 bridgehead atoms. The maximum Gasteiger partial charge on any atom is 0.408 e. The highest BCUT2D eigenvalue weighted by Gasteiger charge is 2.36. The molecule has 0 aromatic heterocycles. The number of methoxy groups -OCH3 is 1. The summed E-state index contributed by atoms with van der Waals surface area (Å²) >= 11 is 0. The van der Waals surface area contributed by atoms with Crippen LogP contribution >= 0.6 is 0 Å². The van der Waals surface area contributed by atoms with Gasteiger partial charge in [0.25, 0.3) is 0 Å². The van der Waals surface area contributed by atoms with E-state index in [1.165, 1.54) is 43.2 Å². The van der Waals surface area contributed by atoms with E-state index in [-0.39, 0.29) is 12.5 Å². The first-order valence-electron chi connectivity index (χ1n) is 9.48. The first-order valence-corrected chi connectivity index (χ1v) is 9.48. The fourth-order valence-corrected chi connectivity index (χ4v) is 2.77. The van der Waals surface area contributed by atoms with Gasteiger partial charge in [0, 0.05) is 6.54 Å². The normalized spacial score (nSPS) is 13.4. The quantitative estimate of drug-likeness (QED) is 0.698. The number of carbonyl (C=O) groups is 3. The molecule has 0 spiro atoms. The summed E-state index contributed by atoms with van der Waals surface area (Å²) in [6, 6.07) is 3.81. The summed E-state index contributed by atoms with van der Waals surface area (Å²) in [6.45, 7) is 10.3. The Hall–Kier alpha value is -2.64. The van der Waals surface area contributed by atoms with Crippen molar-refractivity contribution in [2.75, 3.05) is 7.11 Å². The molecular formula is C21H31FN2O5. The first-order chi connectivity index (χ1) is 13.4. The molecule has 29 heavy (non-hydrogen) atoms. The molecule has 0 aliphatic heterocycles. The summed E-state index contributed by atoms with van der Waals surface area (Å²) in [7, 11) is 1.25. The van der Waals surface area contributed by atoms with Gasteiger partial charge in [-0.15, -0.1) is 0 Å². The van der Waals surface area contributed by atoms with Crippen LogP contribution in [0.4, 0.5) is 9.18 Å². The van der Waals surface area contributed by atoms with Crippen molar-refractivity contribution in [1.29, 1.82) is 0 Å². The smallest absolute Gasteiger partial charge is 0.408 e. The number of esters is 1. The molecule has 0 radical (unpaired) electrons. The topological polar surface area (TPSA) is 84.9 Å². The molecule has 0 fully saturated rings. The Kier molecular flexibility index (Phi) is 8.60. The van der Waals surface area contributed by atoms with Gasteiger partial charge in [0.1, 0.15) is 23.5 Å². The Morgan fingerprint density at radius 1 is 1.10 bits per heavy atom. The first kappa shape index (κ1) is 24.4. The number of rotatable bonds is 7. The molecule has 162 valence electrons. The number of ether oxygens (including phenoxy) is 2. The van der Waals surface area contributed by atoms with Crippen molar-refractivity contribution in [3.63, 3.8) is 0 Å².